The summed E-state index contributed by atoms with van der Waals surface area (Å²) in [5.41, 5.74) is 4.53. The molecule has 8 nitrogen and oxygen atoms in total. The number of alkyl carbamates (subject to hydrolysis) is 1. The van der Waals surface area contributed by atoms with Crippen molar-refractivity contribution in [2.24, 2.45) is 5.92 Å². The van der Waals surface area contributed by atoms with Crippen LogP contribution in [0.15, 0.2) is 48.5 Å². The van der Waals surface area contributed by atoms with Crippen LogP contribution in [0.4, 0.5) is 4.79 Å². The first-order valence-corrected chi connectivity index (χ1v) is 11.3. The second-order valence-electron chi connectivity index (χ2n) is 8.82. The van der Waals surface area contributed by atoms with Crippen LogP contribution >= 0.6 is 0 Å². The van der Waals surface area contributed by atoms with Crippen molar-refractivity contribution >= 4 is 18.0 Å². The molecule has 3 aliphatic rings. The van der Waals surface area contributed by atoms with Gasteiger partial charge in [-0.1, -0.05) is 48.5 Å². The number of aliphatic carboxylic acids is 1. The largest absolute Gasteiger partial charge is 0.480 e. The Hall–Kier alpha value is -3.39. The fourth-order valence-corrected chi connectivity index (χ4v) is 4.83. The molecule has 8 heteroatoms. The molecule has 1 unspecified atom stereocenters. The van der Waals surface area contributed by atoms with Crippen molar-refractivity contribution < 1.29 is 29.0 Å². The molecule has 33 heavy (non-hydrogen) atoms. The highest BCUT2D eigenvalue weighted by Crippen LogP contribution is 2.44. The van der Waals surface area contributed by atoms with E-state index in [0.29, 0.717) is 13.0 Å². The van der Waals surface area contributed by atoms with Gasteiger partial charge in [0.25, 0.3) is 5.91 Å². The Balaban J connectivity index is 1.20. The van der Waals surface area contributed by atoms with E-state index in [1.807, 2.05) is 36.4 Å². The molecule has 0 aromatic heterocycles. The second-order valence-corrected chi connectivity index (χ2v) is 8.82. The first-order chi connectivity index (χ1) is 16.0. The zero-order valence-corrected chi connectivity index (χ0v) is 18.0. The molecule has 0 bridgehead atoms. The van der Waals surface area contributed by atoms with Crippen LogP contribution in [0.5, 0.6) is 0 Å². The maximum absolute atomic E-state index is 12.6. The summed E-state index contributed by atoms with van der Waals surface area (Å²) < 4.78 is 11.1. The summed E-state index contributed by atoms with van der Waals surface area (Å²) in [6, 6.07) is 14.7. The van der Waals surface area contributed by atoms with Crippen molar-refractivity contribution in [2.75, 3.05) is 13.2 Å². The van der Waals surface area contributed by atoms with Crippen molar-refractivity contribution in [1.82, 2.24) is 10.6 Å². The third kappa shape index (κ3) is 4.30. The summed E-state index contributed by atoms with van der Waals surface area (Å²) in [5.74, 6) is -1.67. The average Bonchev–Trinajstić information content (AvgIpc) is 3.46. The van der Waals surface area contributed by atoms with Gasteiger partial charge in [-0.2, -0.15) is 0 Å². The quantitative estimate of drug-likeness (QED) is 0.598. The number of hydrogen-bond donors (Lipinski definition) is 3. The molecule has 3 N–H and O–H groups in total. The number of carboxylic acid groups (broad SMARTS) is 1. The van der Waals surface area contributed by atoms with Crippen LogP contribution in [0.2, 0.25) is 0 Å². The van der Waals surface area contributed by atoms with Crippen LogP contribution in [-0.2, 0) is 19.1 Å². The summed E-state index contributed by atoms with van der Waals surface area (Å²) in [7, 11) is 0. The lowest BCUT2D eigenvalue weighted by Gasteiger charge is -2.22. The number of benzene rings is 2. The van der Waals surface area contributed by atoms with Crippen molar-refractivity contribution in [3.63, 3.8) is 0 Å². The summed E-state index contributed by atoms with van der Waals surface area (Å²) in [6.45, 7) is 0.473. The molecule has 0 radical (unpaired) electrons. The van der Waals surface area contributed by atoms with Crippen LogP contribution in [-0.4, -0.2) is 54.5 Å². The molecule has 2 aromatic carbocycles. The molecule has 1 aliphatic heterocycles. The number of rotatable bonds is 7. The van der Waals surface area contributed by atoms with Gasteiger partial charge in [0, 0.05) is 12.5 Å². The normalized spacial score (nSPS) is 22.2. The van der Waals surface area contributed by atoms with Gasteiger partial charge >= 0.3 is 12.1 Å². The minimum absolute atomic E-state index is 0.0404. The van der Waals surface area contributed by atoms with E-state index >= 15 is 0 Å². The average molecular weight is 450 g/mol. The van der Waals surface area contributed by atoms with Gasteiger partial charge in [-0.15, -0.1) is 0 Å². The van der Waals surface area contributed by atoms with E-state index in [2.05, 4.69) is 22.8 Å². The molecule has 0 spiro atoms. The monoisotopic (exact) mass is 450 g/mol. The van der Waals surface area contributed by atoms with Crippen molar-refractivity contribution in [3.8, 4) is 11.1 Å². The molecular formula is C25H26N2O6. The highest BCUT2D eigenvalue weighted by molar-refractivity contribution is 5.88. The number of ether oxygens (including phenoxy) is 2. The number of hydrogen-bond acceptors (Lipinski definition) is 5. The Bertz CT molecular complexity index is 1040. The highest BCUT2D eigenvalue weighted by atomic mass is 16.6. The predicted molar refractivity (Wildman–Crippen MR) is 119 cm³/mol. The third-order valence-electron chi connectivity index (χ3n) is 6.65. The molecule has 5 rings (SSSR count). The molecule has 2 aromatic rings. The van der Waals surface area contributed by atoms with Crippen LogP contribution in [0.25, 0.3) is 11.1 Å². The molecular weight excluding hydrogens is 424 g/mol. The Morgan fingerprint density at radius 2 is 1.64 bits per heavy atom. The van der Waals surface area contributed by atoms with Crippen LogP contribution in [0.1, 0.15) is 36.3 Å². The summed E-state index contributed by atoms with van der Waals surface area (Å²) >= 11 is 0. The number of nitrogens with one attached hydrogen (secondary N) is 2. The third-order valence-corrected chi connectivity index (χ3v) is 6.65. The van der Waals surface area contributed by atoms with Gasteiger partial charge in [0.05, 0.1) is 6.04 Å². The Morgan fingerprint density at radius 3 is 2.24 bits per heavy atom. The fraction of sp³-hybridized carbons (Fsp3) is 0.400. The van der Waals surface area contributed by atoms with E-state index in [1.165, 1.54) is 0 Å². The van der Waals surface area contributed by atoms with Crippen LogP contribution < -0.4 is 10.6 Å². The van der Waals surface area contributed by atoms with Gasteiger partial charge in [0.1, 0.15) is 12.6 Å². The van der Waals surface area contributed by atoms with Crippen LogP contribution in [0.3, 0.4) is 0 Å². The Kier molecular flexibility index (Phi) is 5.76. The van der Waals surface area contributed by atoms with E-state index in [4.69, 9.17) is 9.47 Å². The first-order valence-electron chi connectivity index (χ1n) is 11.3. The number of carbonyl (C=O) groups is 3. The maximum atomic E-state index is 12.6. The molecule has 2 aliphatic carbocycles. The van der Waals surface area contributed by atoms with Crippen LogP contribution in [0, 0.1) is 5.92 Å². The zero-order valence-electron chi connectivity index (χ0n) is 18.0. The maximum Gasteiger partial charge on any atom is 0.407 e. The van der Waals surface area contributed by atoms with Gasteiger partial charge in [0.15, 0.2) is 6.10 Å². The summed E-state index contributed by atoms with van der Waals surface area (Å²) in [6.07, 6.45) is 0.450. The van der Waals surface area contributed by atoms with Gasteiger partial charge < -0.3 is 25.2 Å². The van der Waals surface area contributed by atoms with Gasteiger partial charge in [-0.3, -0.25) is 4.79 Å². The lowest BCUT2D eigenvalue weighted by molar-refractivity contribution is -0.144. The molecule has 1 saturated carbocycles. The molecule has 1 saturated heterocycles. The smallest absolute Gasteiger partial charge is 0.407 e. The van der Waals surface area contributed by atoms with E-state index in [1.54, 1.807) is 0 Å². The van der Waals surface area contributed by atoms with E-state index < -0.39 is 36.2 Å². The van der Waals surface area contributed by atoms with Gasteiger partial charge in [0.2, 0.25) is 0 Å². The van der Waals surface area contributed by atoms with E-state index in [9.17, 15) is 19.5 Å². The molecule has 3 atom stereocenters. The summed E-state index contributed by atoms with van der Waals surface area (Å²) in [5, 5.41) is 14.7. The number of carboxylic acids is 1. The minimum Gasteiger partial charge on any atom is -0.480 e. The fourth-order valence-electron chi connectivity index (χ4n) is 4.83. The second kappa shape index (κ2) is 8.86. The number of fused-ring (bicyclic) bond motifs is 3. The predicted octanol–water partition coefficient (Wildman–Crippen LogP) is 2.66. The first kappa shape index (κ1) is 21.5. The summed E-state index contributed by atoms with van der Waals surface area (Å²) in [4.78, 5) is 36.6. The molecule has 2 amide bonds. The van der Waals surface area contributed by atoms with Gasteiger partial charge in [-0.25, -0.2) is 9.59 Å². The van der Waals surface area contributed by atoms with Crippen molar-refractivity contribution in [2.45, 2.75) is 43.4 Å². The molecule has 2 fully saturated rings. The lowest BCUT2D eigenvalue weighted by atomic mass is 9.98. The number of carbonyl (C=O) groups excluding carboxylic acids is 2. The van der Waals surface area contributed by atoms with Crippen molar-refractivity contribution in [1.29, 1.82) is 0 Å². The minimum atomic E-state index is -1.05. The Morgan fingerprint density at radius 1 is 1.00 bits per heavy atom. The number of amides is 2. The topological polar surface area (TPSA) is 114 Å². The van der Waals surface area contributed by atoms with E-state index in [-0.39, 0.29) is 18.4 Å². The van der Waals surface area contributed by atoms with Gasteiger partial charge in [-0.05, 0) is 47.4 Å². The standard InChI is InChI=1S/C25H26N2O6/c28-23(27-21(24(29)30)14-9-10-14)22-20(11-12-32-22)26-25(31)33-13-19-17-7-3-1-5-15(17)16-6-2-4-8-18(16)19/h1-8,14,19-22H,9-13H2,(H,26,31)(H,27,28)(H,29,30)/t20-,21?,22+/m1/s1. The molecule has 172 valence electrons. The van der Waals surface area contributed by atoms with E-state index in [0.717, 1.165) is 35.1 Å². The Labute approximate surface area is 191 Å². The lowest BCUT2D eigenvalue weighted by Crippen LogP contribution is -2.52. The SMILES string of the molecule is O=C(N[C@@H]1CCO[C@@H]1C(=O)NC(C(=O)O)C1CC1)OCC1c2ccccc2-c2ccccc21. The van der Waals surface area contributed by atoms with Crippen molar-refractivity contribution in [3.05, 3.63) is 59.7 Å². The zero-order chi connectivity index (χ0) is 22.9. The molecule has 1 heterocycles. The highest BCUT2D eigenvalue weighted by Gasteiger charge is 2.42.